The van der Waals surface area contributed by atoms with Gasteiger partial charge in [0.25, 0.3) is 0 Å². The summed E-state index contributed by atoms with van der Waals surface area (Å²) in [6.45, 7) is 14.7. The average molecular weight is 306 g/mol. The third-order valence-corrected chi connectivity index (χ3v) is 3.39. The summed E-state index contributed by atoms with van der Waals surface area (Å²) >= 11 is 0. The first-order valence-electron chi connectivity index (χ1n) is 7.95. The molecule has 0 aliphatic rings. The molecule has 22 heavy (non-hydrogen) atoms. The molecule has 0 aromatic heterocycles. The molecule has 0 aliphatic heterocycles. The molecule has 4 heteroatoms. The van der Waals surface area contributed by atoms with Gasteiger partial charge in [0.15, 0.2) is 0 Å². The lowest BCUT2D eigenvalue weighted by Crippen LogP contribution is -2.46. The molecule has 0 radical (unpaired) electrons. The van der Waals surface area contributed by atoms with E-state index in [4.69, 9.17) is 4.74 Å². The summed E-state index contributed by atoms with van der Waals surface area (Å²) < 4.78 is 5.91. The zero-order chi connectivity index (χ0) is 16.8. The quantitative estimate of drug-likeness (QED) is 0.842. The van der Waals surface area contributed by atoms with Crippen molar-refractivity contribution in [2.45, 2.75) is 47.1 Å². The topological polar surface area (TPSA) is 41.6 Å². The first-order valence-corrected chi connectivity index (χ1v) is 7.95. The van der Waals surface area contributed by atoms with E-state index in [9.17, 15) is 4.79 Å². The van der Waals surface area contributed by atoms with E-state index in [-0.39, 0.29) is 11.4 Å². The van der Waals surface area contributed by atoms with E-state index in [1.54, 1.807) is 0 Å². The van der Waals surface area contributed by atoms with Crippen molar-refractivity contribution >= 4 is 5.91 Å². The Bertz CT molecular complexity index is 472. The number of para-hydroxylation sites is 1. The lowest BCUT2D eigenvalue weighted by atomic mass is 10.1. The molecular weight excluding hydrogens is 276 g/mol. The van der Waals surface area contributed by atoms with Crippen LogP contribution in [-0.4, -0.2) is 42.6 Å². The molecule has 0 spiro atoms. The van der Waals surface area contributed by atoms with Crippen LogP contribution in [0.2, 0.25) is 0 Å². The molecule has 1 N–H and O–H groups in total. The van der Waals surface area contributed by atoms with Gasteiger partial charge in [-0.25, -0.2) is 0 Å². The van der Waals surface area contributed by atoms with Gasteiger partial charge in [-0.15, -0.1) is 0 Å². The Morgan fingerprint density at radius 1 is 1.23 bits per heavy atom. The number of hydrogen-bond acceptors (Lipinski definition) is 3. The minimum absolute atomic E-state index is 0.0569. The van der Waals surface area contributed by atoms with Gasteiger partial charge < -0.3 is 10.1 Å². The van der Waals surface area contributed by atoms with Crippen molar-refractivity contribution in [3.8, 4) is 5.75 Å². The van der Waals surface area contributed by atoms with Gasteiger partial charge >= 0.3 is 0 Å². The van der Waals surface area contributed by atoms with Crippen LogP contribution in [0.15, 0.2) is 18.2 Å². The zero-order valence-electron chi connectivity index (χ0n) is 14.8. The van der Waals surface area contributed by atoms with Crippen LogP contribution >= 0.6 is 0 Å². The van der Waals surface area contributed by atoms with Crippen LogP contribution < -0.4 is 10.1 Å². The van der Waals surface area contributed by atoms with Crippen LogP contribution in [0.4, 0.5) is 0 Å². The molecule has 0 saturated carbocycles. The Morgan fingerprint density at radius 3 is 2.32 bits per heavy atom. The third-order valence-electron chi connectivity index (χ3n) is 3.39. The predicted octanol–water partition coefficient (Wildman–Crippen LogP) is 2.92. The smallest absolute Gasteiger partial charge is 0.234 e. The average Bonchev–Trinajstić information content (AvgIpc) is 2.38. The number of amides is 1. The molecule has 0 fully saturated rings. The summed E-state index contributed by atoms with van der Waals surface area (Å²) in [5.41, 5.74) is 2.10. The maximum Gasteiger partial charge on any atom is 0.234 e. The molecule has 0 atom stereocenters. The number of benzene rings is 1. The first-order chi connectivity index (χ1) is 10.2. The molecule has 4 nitrogen and oxygen atoms in total. The summed E-state index contributed by atoms with van der Waals surface area (Å²) in [6.07, 6.45) is 0. The number of ether oxygens (including phenoxy) is 1. The maximum absolute atomic E-state index is 12.0. The van der Waals surface area contributed by atoms with E-state index in [1.165, 1.54) is 0 Å². The number of rotatable bonds is 7. The molecule has 1 rings (SSSR count). The molecule has 124 valence electrons. The van der Waals surface area contributed by atoms with Gasteiger partial charge in [0.05, 0.1) is 6.54 Å². The van der Waals surface area contributed by atoms with E-state index in [2.05, 4.69) is 43.1 Å². The van der Waals surface area contributed by atoms with Crippen molar-refractivity contribution in [3.63, 3.8) is 0 Å². The van der Waals surface area contributed by atoms with Crippen LogP contribution in [0.3, 0.4) is 0 Å². The monoisotopic (exact) mass is 306 g/mol. The standard InChI is InChI=1S/C18H30N2O2/c1-7-20(13-16(21)19-18(4,5)6)11-12-22-17-14(2)9-8-10-15(17)3/h8-10H,7,11-13H2,1-6H3,(H,19,21). The van der Waals surface area contributed by atoms with Crippen LogP contribution in [0, 0.1) is 13.8 Å². The fourth-order valence-electron chi connectivity index (χ4n) is 2.31. The zero-order valence-corrected chi connectivity index (χ0v) is 14.8. The van der Waals surface area contributed by atoms with Gasteiger partial charge in [-0.1, -0.05) is 25.1 Å². The third kappa shape index (κ3) is 6.48. The molecular formula is C18H30N2O2. The Hall–Kier alpha value is -1.55. The highest BCUT2D eigenvalue weighted by atomic mass is 16.5. The lowest BCUT2D eigenvalue weighted by molar-refractivity contribution is -0.123. The highest BCUT2D eigenvalue weighted by molar-refractivity contribution is 5.78. The van der Waals surface area contributed by atoms with Crippen molar-refractivity contribution in [3.05, 3.63) is 29.3 Å². The Balaban J connectivity index is 2.46. The molecule has 0 saturated heterocycles. The number of nitrogens with zero attached hydrogens (tertiary/aromatic N) is 1. The Morgan fingerprint density at radius 2 is 1.82 bits per heavy atom. The van der Waals surface area contributed by atoms with Crippen LogP contribution in [0.25, 0.3) is 0 Å². The summed E-state index contributed by atoms with van der Waals surface area (Å²) in [6, 6.07) is 6.14. The maximum atomic E-state index is 12.0. The van der Waals surface area contributed by atoms with E-state index in [0.717, 1.165) is 30.0 Å². The lowest BCUT2D eigenvalue weighted by Gasteiger charge is -2.25. The number of carbonyl (C=O) groups is 1. The van der Waals surface area contributed by atoms with Crippen molar-refractivity contribution in [2.75, 3.05) is 26.2 Å². The number of likely N-dealkylation sites (N-methyl/N-ethyl adjacent to an activating group) is 1. The van der Waals surface area contributed by atoms with E-state index < -0.39 is 0 Å². The van der Waals surface area contributed by atoms with Crippen molar-refractivity contribution < 1.29 is 9.53 Å². The van der Waals surface area contributed by atoms with Crippen molar-refractivity contribution in [1.29, 1.82) is 0 Å². The second kappa shape index (κ2) is 8.18. The van der Waals surface area contributed by atoms with Gasteiger partial charge in [-0.05, 0) is 52.3 Å². The normalized spacial score (nSPS) is 11.6. The number of aryl methyl sites for hydroxylation is 2. The van der Waals surface area contributed by atoms with Gasteiger partial charge in [0.2, 0.25) is 5.91 Å². The second-order valence-electron chi connectivity index (χ2n) is 6.74. The Kier molecular flexibility index (Phi) is 6.88. The first kappa shape index (κ1) is 18.5. The van der Waals surface area contributed by atoms with Crippen molar-refractivity contribution in [1.82, 2.24) is 10.2 Å². The molecule has 0 aliphatic carbocycles. The fraction of sp³-hybridized carbons (Fsp3) is 0.611. The fourth-order valence-corrected chi connectivity index (χ4v) is 2.31. The van der Waals surface area contributed by atoms with Crippen molar-refractivity contribution in [2.24, 2.45) is 0 Å². The summed E-state index contributed by atoms with van der Waals surface area (Å²) in [5, 5.41) is 2.99. The predicted molar refractivity (Wildman–Crippen MR) is 91.4 cm³/mol. The van der Waals surface area contributed by atoms with E-state index in [1.807, 2.05) is 26.8 Å². The number of carbonyl (C=O) groups excluding carboxylic acids is 1. The van der Waals surface area contributed by atoms with Gasteiger partial charge in [0.1, 0.15) is 12.4 Å². The molecule has 1 aromatic rings. The molecule has 0 bridgehead atoms. The van der Waals surface area contributed by atoms with E-state index in [0.29, 0.717) is 13.2 Å². The minimum atomic E-state index is -0.189. The summed E-state index contributed by atoms with van der Waals surface area (Å²) in [7, 11) is 0. The summed E-state index contributed by atoms with van der Waals surface area (Å²) in [4.78, 5) is 14.1. The van der Waals surface area contributed by atoms with Gasteiger partial charge in [-0.2, -0.15) is 0 Å². The van der Waals surface area contributed by atoms with Crippen LogP contribution in [0.1, 0.15) is 38.8 Å². The minimum Gasteiger partial charge on any atom is -0.492 e. The Labute approximate surface area is 134 Å². The highest BCUT2D eigenvalue weighted by Gasteiger charge is 2.16. The van der Waals surface area contributed by atoms with Crippen LogP contribution in [-0.2, 0) is 4.79 Å². The SMILES string of the molecule is CCN(CCOc1c(C)cccc1C)CC(=O)NC(C)(C)C. The molecule has 0 heterocycles. The molecule has 1 amide bonds. The molecule has 0 unspecified atom stereocenters. The van der Waals surface area contributed by atoms with Gasteiger partial charge in [-0.3, -0.25) is 9.69 Å². The number of hydrogen-bond donors (Lipinski definition) is 1. The molecule has 1 aromatic carbocycles. The largest absolute Gasteiger partial charge is 0.492 e. The van der Waals surface area contributed by atoms with E-state index >= 15 is 0 Å². The summed E-state index contributed by atoms with van der Waals surface area (Å²) in [5.74, 6) is 1.01. The van der Waals surface area contributed by atoms with Crippen LogP contribution in [0.5, 0.6) is 5.75 Å². The van der Waals surface area contributed by atoms with Gasteiger partial charge in [0, 0.05) is 12.1 Å². The second-order valence-corrected chi connectivity index (χ2v) is 6.74. The number of nitrogens with one attached hydrogen (secondary N) is 1. The highest BCUT2D eigenvalue weighted by Crippen LogP contribution is 2.22.